The Balaban J connectivity index is 1.57. The van der Waals surface area contributed by atoms with Gasteiger partial charge in [0.1, 0.15) is 0 Å². The van der Waals surface area contributed by atoms with E-state index in [-0.39, 0.29) is 18.5 Å². The van der Waals surface area contributed by atoms with Crippen LogP contribution in [0.4, 0.5) is 4.79 Å². The summed E-state index contributed by atoms with van der Waals surface area (Å²) in [5.41, 5.74) is 4.44. The molecule has 7 nitrogen and oxygen atoms in total. The van der Waals surface area contributed by atoms with Crippen LogP contribution in [0, 0.1) is 13.8 Å². The van der Waals surface area contributed by atoms with Crippen molar-refractivity contribution in [2.24, 2.45) is 0 Å². The molecule has 2 heterocycles. The Labute approximate surface area is 179 Å². The van der Waals surface area contributed by atoms with Crippen LogP contribution >= 0.6 is 11.8 Å². The molecule has 30 heavy (non-hydrogen) atoms. The number of hydrogen-bond acceptors (Lipinski definition) is 5. The Bertz CT molecular complexity index is 1060. The van der Waals surface area contributed by atoms with E-state index in [0.29, 0.717) is 13.0 Å². The standard InChI is InChI=1S/C22H23N5O2S/c1-15-9-10-18(13-16(15)2)27-20(17-7-4-3-5-8-17)24-25-22(27)30-12-6-11-26-19(28)14-23-21(26)29/h3-5,7-10,13H,6,11-12,14H2,1-2H3,(H,23,29). The number of carbonyl (C=O) groups is 2. The van der Waals surface area contributed by atoms with E-state index in [9.17, 15) is 9.59 Å². The molecule has 1 aliphatic heterocycles. The first-order chi connectivity index (χ1) is 14.5. The van der Waals surface area contributed by atoms with Gasteiger partial charge in [-0.2, -0.15) is 0 Å². The maximum absolute atomic E-state index is 11.7. The minimum absolute atomic E-state index is 0.0908. The molecule has 3 aromatic rings. The molecule has 0 aliphatic carbocycles. The van der Waals surface area contributed by atoms with Crippen LogP contribution in [0.2, 0.25) is 0 Å². The van der Waals surface area contributed by atoms with Crippen molar-refractivity contribution in [1.29, 1.82) is 0 Å². The molecule has 1 N–H and O–H groups in total. The molecule has 154 valence electrons. The lowest BCUT2D eigenvalue weighted by molar-refractivity contribution is -0.124. The van der Waals surface area contributed by atoms with Crippen molar-refractivity contribution in [3.63, 3.8) is 0 Å². The van der Waals surface area contributed by atoms with Crippen molar-refractivity contribution in [2.45, 2.75) is 25.4 Å². The molecule has 3 amide bonds. The van der Waals surface area contributed by atoms with Gasteiger partial charge in [-0.15, -0.1) is 10.2 Å². The number of thioether (sulfide) groups is 1. The Morgan fingerprint density at radius 2 is 1.83 bits per heavy atom. The van der Waals surface area contributed by atoms with E-state index in [2.05, 4.69) is 52.1 Å². The van der Waals surface area contributed by atoms with Crippen molar-refractivity contribution >= 4 is 23.7 Å². The van der Waals surface area contributed by atoms with E-state index in [0.717, 1.165) is 28.0 Å². The van der Waals surface area contributed by atoms with Crippen LogP contribution in [0.1, 0.15) is 17.5 Å². The summed E-state index contributed by atoms with van der Waals surface area (Å²) in [6.45, 7) is 4.68. The fourth-order valence-corrected chi connectivity index (χ4v) is 4.18. The van der Waals surface area contributed by atoms with Gasteiger partial charge in [0.2, 0.25) is 5.91 Å². The van der Waals surface area contributed by atoms with Crippen molar-refractivity contribution in [2.75, 3.05) is 18.8 Å². The van der Waals surface area contributed by atoms with Gasteiger partial charge < -0.3 is 5.32 Å². The average molecular weight is 422 g/mol. The summed E-state index contributed by atoms with van der Waals surface area (Å²) in [6, 6.07) is 16.0. The highest BCUT2D eigenvalue weighted by molar-refractivity contribution is 7.99. The SMILES string of the molecule is Cc1ccc(-n2c(SCCCN3C(=O)CNC3=O)nnc2-c2ccccc2)cc1C. The number of nitrogens with one attached hydrogen (secondary N) is 1. The van der Waals surface area contributed by atoms with Gasteiger partial charge in [0.25, 0.3) is 0 Å². The first kappa shape index (κ1) is 20.2. The molecule has 1 aromatic heterocycles. The van der Waals surface area contributed by atoms with Crippen LogP contribution in [-0.4, -0.2) is 50.4 Å². The second-order valence-electron chi connectivity index (χ2n) is 7.18. The normalized spacial score (nSPS) is 13.7. The lowest BCUT2D eigenvalue weighted by Crippen LogP contribution is -2.32. The van der Waals surface area contributed by atoms with Gasteiger partial charge in [-0.05, 0) is 43.5 Å². The zero-order valence-corrected chi connectivity index (χ0v) is 17.8. The maximum atomic E-state index is 11.7. The largest absolute Gasteiger partial charge is 0.329 e. The van der Waals surface area contributed by atoms with Gasteiger partial charge in [-0.1, -0.05) is 48.2 Å². The van der Waals surface area contributed by atoms with E-state index in [4.69, 9.17) is 0 Å². The quantitative estimate of drug-likeness (QED) is 0.358. The molecule has 0 radical (unpaired) electrons. The highest BCUT2D eigenvalue weighted by atomic mass is 32.2. The Kier molecular flexibility index (Phi) is 5.85. The predicted octanol–water partition coefficient (Wildman–Crippen LogP) is 3.59. The molecule has 0 unspecified atom stereocenters. The molecule has 0 bridgehead atoms. The summed E-state index contributed by atoms with van der Waals surface area (Å²) in [5, 5.41) is 12.2. The van der Waals surface area contributed by atoms with E-state index >= 15 is 0 Å². The predicted molar refractivity (Wildman–Crippen MR) is 117 cm³/mol. The number of amides is 3. The molecule has 1 aliphatic rings. The zero-order valence-electron chi connectivity index (χ0n) is 17.0. The van der Waals surface area contributed by atoms with Crippen molar-refractivity contribution in [3.05, 3.63) is 59.7 Å². The van der Waals surface area contributed by atoms with Gasteiger partial charge in [0, 0.05) is 17.9 Å². The third-order valence-electron chi connectivity index (χ3n) is 5.11. The number of carbonyl (C=O) groups excluding carboxylic acids is 2. The number of rotatable bonds is 7. The van der Waals surface area contributed by atoms with Crippen LogP contribution in [0.3, 0.4) is 0 Å². The summed E-state index contributed by atoms with van der Waals surface area (Å²) in [4.78, 5) is 24.7. The molecule has 0 atom stereocenters. The average Bonchev–Trinajstić information content (AvgIpc) is 3.31. The highest BCUT2D eigenvalue weighted by Crippen LogP contribution is 2.29. The van der Waals surface area contributed by atoms with E-state index in [1.807, 2.05) is 30.3 Å². The topological polar surface area (TPSA) is 80.1 Å². The van der Waals surface area contributed by atoms with Crippen molar-refractivity contribution in [1.82, 2.24) is 25.0 Å². The van der Waals surface area contributed by atoms with E-state index < -0.39 is 0 Å². The highest BCUT2D eigenvalue weighted by Gasteiger charge is 2.27. The van der Waals surface area contributed by atoms with Crippen molar-refractivity contribution in [3.8, 4) is 17.1 Å². The van der Waals surface area contributed by atoms with Crippen molar-refractivity contribution < 1.29 is 9.59 Å². The summed E-state index contributed by atoms with van der Waals surface area (Å²) < 4.78 is 2.07. The fourth-order valence-electron chi connectivity index (χ4n) is 3.30. The van der Waals surface area contributed by atoms with Crippen LogP contribution in [-0.2, 0) is 4.79 Å². The minimum atomic E-state index is -0.310. The Hall–Kier alpha value is -3.13. The number of hydrogen-bond donors (Lipinski definition) is 1. The summed E-state index contributed by atoms with van der Waals surface area (Å²) >= 11 is 1.57. The maximum Gasteiger partial charge on any atom is 0.324 e. The molecule has 1 saturated heterocycles. The first-order valence-corrected chi connectivity index (χ1v) is 10.8. The number of aryl methyl sites for hydroxylation is 2. The molecule has 4 rings (SSSR count). The number of nitrogens with zero attached hydrogens (tertiary/aromatic N) is 4. The first-order valence-electron chi connectivity index (χ1n) is 9.84. The number of aromatic nitrogens is 3. The minimum Gasteiger partial charge on any atom is -0.329 e. The molecule has 1 fully saturated rings. The van der Waals surface area contributed by atoms with Crippen LogP contribution in [0.25, 0.3) is 17.1 Å². The molecular weight excluding hydrogens is 398 g/mol. The van der Waals surface area contributed by atoms with E-state index in [1.54, 1.807) is 11.8 Å². The third kappa shape index (κ3) is 4.09. The van der Waals surface area contributed by atoms with Crippen LogP contribution < -0.4 is 5.32 Å². The van der Waals surface area contributed by atoms with Crippen LogP contribution in [0.15, 0.2) is 53.7 Å². The molecule has 0 spiro atoms. The molecule has 2 aromatic carbocycles. The summed E-state index contributed by atoms with van der Waals surface area (Å²) in [5.74, 6) is 1.33. The number of urea groups is 1. The summed E-state index contributed by atoms with van der Waals surface area (Å²) in [6.07, 6.45) is 0.685. The lowest BCUT2D eigenvalue weighted by Gasteiger charge is -2.13. The Morgan fingerprint density at radius 3 is 2.53 bits per heavy atom. The Morgan fingerprint density at radius 1 is 1.03 bits per heavy atom. The van der Waals surface area contributed by atoms with Gasteiger partial charge in [0.05, 0.1) is 12.2 Å². The molecule has 8 heteroatoms. The monoisotopic (exact) mass is 421 g/mol. The van der Waals surface area contributed by atoms with Crippen LogP contribution in [0.5, 0.6) is 0 Å². The smallest absolute Gasteiger partial charge is 0.324 e. The number of imide groups is 1. The van der Waals surface area contributed by atoms with Gasteiger partial charge in [0.15, 0.2) is 11.0 Å². The third-order valence-corrected chi connectivity index (χ3v) is 6.12. The number of benzene rings is 2. The lowest BCUT2D eigenvalue weighted by atomic mass is 10.1. The fraction of sp³-hybridized carbons (Fsp3) is 0.273. The molecular formula is C22H23N5O2S. The zero-order chi connectivity index (χ0) is 21.1. The second-order valence-corrected chi connectivity index (χ2v) is 8.24. The molecule has 0 saturated carbocycles. The summed E-state index contributed by atoms with van der Waals surface area (Å²) in [7, 11) is 0. The van der Waals surface area contributed by atoms with Gasteiger partial charge in [-0.3, -0.25) is 14.3 Å². The second kappa shape index (κ2) is 8.71. The van der Waals surface area contributed by atoms with Gasteiger partial charge >= 0.3 is 6.03 Å². The van der Waals surface area contributed by atoms with E-state index in [1.165, 1.54) is 16.0 Å². The van der Waals surface area contributed by atoms with Gasteiger partial charge in [-0.25, -0.2) is 4.79 Å².